The molecule has 2 heterocycles. The van der Waals surface area contributed by atoms with Crippen molar-refractivity contribution in [3.05, 3.63) is 47.6 Å². The second-order valence-electron chi connectivity index (χ2n) is 9.56. The maximum atomic E-state index is 14.0. The molecule has 0 spiro atoms. The fraction of sp³-hybridized carbons (Fsp3) is 0.542. The third kappa shape index (κ3) is 4.95. The van der Waals surface area contributed by atoms with E-state index in [-0.39, 0.29) is 35.8 Å². The first-order valence-electron chi connectivity index (χ1n) is 11.8. The van der Waals surface area contributed by atoms with Crippen LogP contribution in [0.2, 0.25) is 0 Å². The van der Waals surface area contributed by atoms with Crippen molar-refractivity contribution in [3.8, 4) is 0 Å². The smallest absolute Gasteiger partial charge is 0.386 e. The van der Waals surface area contributed by atoms with Crippen LogP contribution in [-0.4, -0.2) is 33.2 Å². The number of pyridine rings is 1. The molecule has 3 aliphatic carbocycles. The molecule has 0 radical (unpaired) electrons. The number of rotatable bonds is 6. The molecular formula is C24H27F4N5O. The van der Waals surface area contributed by atoms with Gasteiger partial charge in [-0.3, -0.25) is 10.1 Å². The number of hydrogen-bond acceptors (Lipinski definition) is 4. The summed E-state index contributed by atoms with van der Waals surface area (Å²) in [6.07, 6.45) is 2.41. The molecule has 10 heteroatoms. The van der Waals surface area contributed by atoms with E-state index in [0.717, 1.165) is 56.4 Å². The van der Waals surface area contributed by atoms with Gasteiger partial charge in [-0.1, -0.05) is 12.1 Å². The number of fused-ring (bicyclic) bond motifs is 1. The summed E-state index contributed by atoms with van der Waals surface area (Å²) in [4.78, 5) is 16.5. The first-order valence-corrected chi connectivity index (χ1v) is 11.8. The maximum Gasteiger partial charge on any atom is 0.395 e. The maximum absolute atomic E-state index is 14.0. The van der Waals surface area contributed by atoms with Crippen LogP contribution in [0.4, 0.5) is 23.5 Å². The van der Waals surface area contributed by atoms with Gasteiger partial charge in [-0.25, -0.2) is 8.91 Å². The van der Waals surface area contributed by atoms with Gasteiger partial charge in [0.1, 0.15) is 5.83 Å². The lowest BCUT2D eigenvalue weighted by atomic mass is 9.80. The van der Waals surface area contributed by atoms with Crippen LogP contribution in [-0.2, 0) is 4.79 Å². The first kappa shape index (κ1) is 22.9. The van der Waals surface area contributed by atoms with E-state index in [1.165, 1.54) is 0 Å². The summed E-state index contributed by atoms with van der Waals surface area (Å²) in [6.45, 7) is 0.457. The van der Waals surface area contributed by atoms with E-state index in [2.05, 4.69) is 20.7 Å². The Morgan fingerprint density at radius 1 is 1.12 bits per heavy atom. The zero-order valence-electron chi connectivity index (χ0n) is 18.6. The number of nitrogens with one attached hydrogen (secondary N) is 2. The van der Waals surface area contributed by atoms with E-state index in [0.29, 0.717) is 18.1 Å². The predicted octanol–water partition coefficient (Wildman–Crippen LogP) is 5.26. The lowest BCUT2D eigenvalue weighted by molar-refractivity contribution is -0.161. The average Bonchev–Trinajstić information content (AvgIpc) is 3.58. The normalized spacial score (nSPS) is 25.6. The average molecular weight is 478 g/mol. The van der Waals surface area contributed by atoms with Crippen molar-refractivity contribution in [2.24, 2.45) is 17.8 Å². The quantitative estimate of drug-likeness (QED) is 0.557. The molecule has 1 unspecified atom stereocenters. The Balaban J connectivity index is 1.18. The molecule has 0 aromatic carbocycles. The van der Waals surface area contributed by atoms with Crippen LogP contribution >= 0.6 is 0 Å². The van der Waals surface area contributed by atoms with Crippen LogP contribution in [0.1, 0.15) is 56.6 Å². The predicted molar refractivity (Wildman–Crippen MR) is 118 cm³/mol. The van der Waals surface area contributed by atoms with Gasteiger partial charge in [-0.05, 0) is 62.7 Å². The van der Waals surface area contributed by atoms with Gasteiger partial charge in [-0.15, -0.1) is 5.10 Å². The number of allylic oxidation sites excluding steroid dienone is 4. The number of alkyl halides is 3. The fourth-order valence-electron chi connectivity index (χ4n) is 4.84. The standard InChI is InChI=1S/C24H27F4N5O/c25-18-11-10-17(24(26,27)28)12-19(18)29-13-14-4-6-15(7-5-14)20-2-1-3-21-30-23(32-33(20)21)31-22(34)16-8-9-16/h1-3,10-11,14-17,29H,4-9,12-13H2,(H,31,32,34). The van der Waals surface area contributed by atoms with Crippen LogP contribution < -0.4 is 10.6 Å². The van der Waals surface area contributed by atoms with Crippen LogP contribution in [0, 0.1) is 17.8 Å². The Bertz CT molecular complexity index is 1130. The van der Waals surface area contributed by atoms with E-state index in [1.54, 1.807) is 4.52 Å². The molecule has 2 aromatic rings. The van der Waals surface area contributed by atoms with Gasteiger partial charge in [0, 0.05) is 36.2 Å². The molecule has 5 rings (SSSR count). The molecule has 182 valence electrons. The highest BCUT2D eigenvalue weighted by molar-refractivity contribution is 5.92. The van der Waals surface area contributed by atoms with Crippen molar-refractivity contribution < 1.29 is 22.4 Å². The van der Waals surface area contributed by atoms with Crippen molar-refractivity contribution in [1.82, 2.24) is 19.9 Å². The zero-order valence-corrected chi connectivity index (χ0v) is 18.6. The minimum absolute atomic E-state index is 0.0352. The van der Waals surface area contributed by atoms with E-state index in [4.69, 9.17) is 0 Å². The lowest BCUT2D eigenvalue weighted by Crippen LogP contribution is -2.31. The second-order valence-corrected chi connectivity index (χ2v) is 9.56. The van der Waals surface area contributed by atoms with Gasteiger partial charge < -0.3 is 5.32 Å². The molecule has 2 N–H and O–H groups in total. The van der Waals surface area contributed by atoms with E-state index < -0.39 is 17.9 Å². The Morgan fingerprint density at radius 2 is 1.88 bits per heavy atom. The van der Waals surface area contributed by atoms with Crippen molar-refractivity contribution in [1.29, 1.82) is 0 Å². The number of carbonyl (C=O) groups excluding carboxylic acids is 1. The zero-order chi connectivity index (χ0) is 23.9. The topological polar surface area (TPSA) is 71.3 Å². The molecule has 0 saturated heterocycles. The molecule has 34 heavy (non-hydrogen) atoms. The summed E-state index contributed by atoms with van der Waals surface area (Å²) < 4.78 is 54.8. The molecule has 2 saturated carbocycles. The SMILES string of the molecule is O=C(Nc1nc2cccc(C3CCC(CNC4=C(F)C=CC(C(F)(F)F)C4)CC3)n2n1)C1CC1. The van der Waals surface area contributed by atoms with E-state index in [1.807, 2.05) is 18.2 Å². The van der Waals surface area contributed by atoms with Crippen LogP contribution in [0.25, 0.3) is 5.65 Å². The summed E-state index contributed by atoms with van der Waals surface area (Å²) in [6, 6.07) is 5.81. The molecular weight excluding hydrogens is 450 g/mol. The Labute approximate surface area is 194 Å². The largest absolute Gasteiger partial charge is 0.395 e. The van der Waals surface area contributed by atoms with Gasteiger partial charge >= 0.3 is 6.18 Å². The minimum Gasteiger partial charge on any atom is -0.386 e. The third-order valence-electron chi connectivity index (χ3n) is 7.05. The van der Waals surface area contributed by atoms with Crippen molar-refractivity contribution >= 4 is 17.5 Å². The van der Waals surface area contributed by atoms with Crippen molar-refractivity contribution in [3.63, 3.8) is 0 Å². The highest BCUT2D eigenvalue weighted by Gasteiger charge is 2.40. The van der Waals surface area contributed by atoms with Gasteiger partial charge in [0.2, 0.25) is 11.9 Å². The van der Waals surface area contributed by atoms with Crippen LogP contribution in [0.5, 0.6) is 0 Å². The first-order chi connectivity index (χ1) is 16.3. The number of hydrogen-bond donors (Lipinski definition) is 2. The Morgan fingerprint density at radius 3 is 2.59 bits per heavy atom. The number of carbonyl (C=O) groups is 1. The molecule has 0 bridgehead atoms. The van der Waals surface area contributed by atoms with Crippen molar-refractivity contribution in [2.75, 3.05) is 11.9 Å². The highest BCUT2D eigenvalue weighted by atomic mass is 19.4. The molecule has 2 aromatic heterocycles. The van der Waals surface area contributed by atoms with Crippen LogP contribution in [0.15, 0.2) is 41.9 Å². The second kappa shape index (κ2) is 9.03. The Hall–Kier alpha value is -2.91. The molecule has 1 atom stereocenters. The molecule has 0 aliphatic heterocycles. The number of amides is 1. The summed E-state index contributed by atoms with van der Waals surface area (Å²) >= 11 is 0. The third-order valence-corrected chi connectivity index (χ3v) is 7.05. The number of aromatic nitrogens is 3. The summed E-state index contributed by atoms with van der Waals surface area (Å²) in [7, 11) is 0. The summed E-state index contributed by atoms with van der Waals surface area (Å²) in [5.74, 6) is -1.39. The minimum atomic E-state index is -4.37. The Kier molecular flexibility index (Phi) is 6.07. The molecule has 3 aliphatic rings. The fourth-order valence-corrected chi connectivity index (χ4v) is 4.84. The number of halogens is 4. The van der Waals surface area contributed by atoms with E-state index >= 15 is 0 Å². The van der Waals surface area contributed by atoms with Gasteiger partial charge in [-0.2, -0.15) is 18.2 Å². The molecule has 2 fully saturated rings. The summed E-state index contributed by atoms with van der Waals surface area (Å²) in [5.41, 5.74) is 1.75. The van der Waals surface area contributed by atoms with Gasteiger partial charge in [0.05, 0.1) is 5.92 Å². The highest BCUT2D eigenvalue weighted by Crippen LogP contribution is 2.38. The van der Waals surface area contributed by atoms with Gasteiger partial charge in [0.25, 0.3) is 0 Å². The molecule has 1 amide bonds. The van der Waals surface area contributed by atoms with E-state index in [9.17, 15) is 22.4 Å². The number of nitrogens with zero attached hydrogens (tertiary/aromatic N) is 3. The van der Waals surface area contributed by atoms with Crippen molar-refractivity contribution in [2.45, 2.75) is 57.0 Å². The van der Waals surface area contributed by atoms with Gasteiger partial charge in [0.15, 0.2) is 5.65 Å². The monoisotopic (exact) mass is 477 g/mol. The lowest BCUT2D eigenvalue weighted by Gasteiger charge is -2.30. The molecule has 6 nitrogen and oxygen atoms in total. The number of anilines is 1. The van der Waals surface area contributed by atoms with Crippen LogP contribution in [0.3, 0.4) is 0 Å². The summed E-state index contributed by atoms with van der Waals surface area (Å²) in [5, 5.41) is 10.2.